The summed E-state index contributed by atoms with van der Waals surface area (Å²) in [6.07, 6.45) is 3.39. The van der Waals surface area contributed by atoms with E-state index in [2.05, 4.69) is 15.5 Å². The molecule has 1 fully saturated rings. The second-order valence-corrected chi connectivity index (χ2v) is 11.1. The first-order valence-corrected chi connectivity index (χ1v) is 13.8. The molecule has 0 bridgehead atoms. The number of hydrazone groups is 1. The first-order chi connectivity index (χ1) is 18.9. The van der Waals surface area contributed by atoms with Crippen molar-refractivity contribution in [3.8, 4) is 23.0 Å². The van der Waals surface area contributed by atoms with Gasteiger partial charge in [0.2, 0.25) is 21.6 Å². The maximum absolute atomic E-state index is 13.0. The van der Waals surface area contributed by atoms with Crippen LogP contribution in [0.4, 0.5) is 5.88 Å². The lowest BCUT2D eigenvalue weighted by atomic mass is 10.1. The first-order valence-electron chi connectivity index (χ1n) is 12.4. The zero-order valence-corrected chi connectivity index (χ0v) is 22.3. The molecule has 5 rings (SSSR count). The summed E-state index contributed by atoms with van der Waals surface area (Å²) in [6, 6.07) is 18.2. The van der Waals surface area contributed by atoms with E-state index in [1.54, 1.807) is 35.2 Å². The van der Waals surface area contributed by atoms with E-state index in [9.17, 15) is 13.7 Å². The minimum Gasteiger partial charge on any atom is -0.422 e. The summed E-state index contributed by atoms with van der Waals surface area (Å²) in [5.41, 5.74) is 5.71. The van der Waals surface area contributed by atoms with Gasteiger partial charge in [-0.25, -0.2) is 23.5 Å². The number of hydrogen-bond donors (Lipinski definition) is 1. The Morgan fingerprint density at radius 2 is 1.82 bits per heavy atom. The molecule has 3 heterocycles. The highest BCUT2D eigenvalue weighted by atomic mass is 32.2. The molecule has 12 heteroatoms. The van der Waals surface area contributed by atoms with E-state index in [0.717, 1.165) is 5.69 Å². The number of oxazole rings is 1. The second kappa shape index (κ2) is 11.2. The average Bonchev–Trinajstić information content (AvgIpc) is 3.59. The number of nitrogens with zero attached hydrogens (tertiary/aromatic N) is 6. The van der Waals surface area contributed by atoms with Gasteiger partial charge < -0.3 is 9.15 Å². The van der Waals surface area contributed by atoms with Crippen LogP contribution in [-0.4, -0.2) is 60.0 Å². The third-order valence-corrected chi connectivity index (χ3v) is 8.02. The van der Waals surface area contributed by atoms with Crippen molar-refractivity contribution < 1.29 is 17.6 Å². The van der Waals surface area contributed by atoms with Gasteiger partial charge in [-0.15, -0.1) is 0 Å². The van der Waals surface area contributed by atoms with Crippen molar-refractivity contribution in [1.29, 1.82) is 5.26 Å². The van der Waals surface area contributed by atoms with Gasteiger partial charge in [-0.05, 0) is 24.3 Å². The summed E-state index contributed by atoms with van der Waals surface area (Å²) in [7, 11) is -3.62. The molecule has 2 aromatic carbocycles. The zero-order chi connectivity index (χ0) is 27.4. The maximum Gasteiger partial charge on any atom is 0.252 e. The van der Waals surface area contributed by atoms with Crippen molar-refractivity contribution in [2.24, 2.45) is 5.10 Å². The van der Waals surface area contributed by atoms with Crippen LogP contribution in [0.2, 0.25) is 0 Å². The lowest BCUT2D eigenvalue weighted by Crippen LogP contribution is -2.40. The molecule has 11 nitrogen and oxygen atoms in total. The summed E-state index contributed by atoms with van der Waals surface area (Å²) >= 11 is 0. The fraction of sp³-hybridized carbons (Fsp3) is 0.259. The van der Waals surface area contributed by atoms with Crippen LogP contribution in [0.1, 0.15) is 36.9 Å². The van der Waals surface area contributed by atoms with Crippen LogP contribution in [0.15, 0.2) is 75.2 Å². The van der Waals surface area contributed by atoms with Gasteiger partial charge in [0, 0.05) is 36.3 Å². The van der Waals surface area contributed by atoms with Crippen LogP contribution in [0.5, 0.6) is 0 Å². The molecule has 1 N–H and O–H groups in total. The third-order valence-electron chi connectivity index (χ3n) is 6.11. The maximum atomic E-state index is 13.0. The number of morpholine rings is 1. The fourth-order valence-electron chi connectivity index (χ4n) is 4.04. The van der Waals surface area contributed by atoms with Crippen molar-refractivity contribution in [2.45, 2.75) is 24.7 Å². The standard InChI is InChI=1S/C27H27N7O4S/c1-19(2)26-30-24(16-28)27(38-26)31-29-17-21-18-34(22-6-4-3-5-7-22)32-25(21)20-8-10-23(11-9-20)39(35,36)33-12-14-37-15-13-33/h3-11,17-19,31H,12-15H2,1-2H3. The van der Waals surface area contributed by atoms with Gasteiger partial charge in [0.25, 0.3) is 5.88 Å². The summed E-state index contributed by atoms with van der Waals surface area (Å²) in [4.78, 5) is 4.40. The van der Waals surface area contributed by atoms with Crippen LogP contribution in [-0.2, 0) is 14.8 Å². The number of nitrogens with one attached hydrogen (secondary N) is 1. The largest absolute Gasteiger partial charge is 0.422 e. The van der Waals surface area contributed by atoms with Crippen molar-refractivity contribution in [3.63, 3.8) is 0 Å². The van der Waals surface area contributed by atoms with Crippen LogP contribution < -0.4 is 5.43 Å². The number of aromatic nitrogens is 3. The number of ether oxygens (including phenoxy) is 1. The lowest BCUT2D eigenvalue weighted by Gasteiger charge is -2.26. The Bertz CT molecular complexity index is 1610. The van der Waals surface area contributed by atoms with Gasteiger partial charge in [0.1, 0.15) is 11.8 Å². The van der Waals surface area contributed by atoms with Crippen LogP contribution in [0.25, 0.3) is 16.9 Å². The van der Waals surface area contributed by atoms with Crippen LogP contribution in [0, 0.1) is 11.3 Å². The summed E-state index contributed by atoms with van der Waals surface area (Å²) in [6.45, 7) is 5.26. The summed E-state index contributed by atoms with van der Waals surface area (Å²) in [5.74, 6) is 0.614. The summed E-state index contributed by atoms with van der Waals surface area (Å²) < 4.78 is 40.2. The molecule has 0 unspecified atom stereocenters. The molecule has 1 saturated heterocycles. The average molecular weight is 546 g/mol. The van der Waals surface area contributed by atoms with Crippen LogP contribution in [0.3, 0.4) is 0 Å². The normalized spacial score (nSPS) is 14.6. The van der Waals surface area contributed by atoms with E-state index in [4.69, 9.17) is 14.3 Å². The highest BCUT2D eigenvalue weighted by Crippen LogP contribution is 2.26. The van der Waals surface area contributed by atoms with E-state index < -0.39 is 10.0 Å². The molecule has 4 aromatic rings. The van der Waals surface area contributed by atoms with E-state index in [1.165, 1.54) is 4.31 Å². The number of hydrogen-bond acceptors (Lipinski definition) is 9. The molecule has 200 valence electrons. The third kappa shape index (κ3) is 5.61. The molecule has 1 aliphatic heterocycles. The molecule has 0 aliphatic carbocycles. The lowest BCUT2D eigenvalue weighted by molar-refractivity contribution is 0.0730. The molecule has 1 aliphatic rings. The monoisotopic (exact) mass is 545 g/mol. The molecule has 0 amide bonds. The van der Waals surface area contributed by atoms with E-state index in [-0.39, 0.29) is 22.4 Å². The van der Waals surface area contributed by atoms with Gasteiger partial charge in [-0.3, -0.25) is 0 Å². The molecular formula is C27H27N7O4S. The molecule has 39 heavy (non-hydrogen) atoms. The highest BCUT2D eigenvalue weighted by molar-refractivity contribution is 7.89. The van der Waals surface area contributed by atoms with Gasteiger partial charge in [-0.1, -0.05) is 44.2 Å². The SMILES string of the molecule is CC(C)c1nc(C#N)c(NN=Cc2cn(-c3ccccc3)nc2-c2ccc(S(=O)(=O)N3CCOCC3)cc2)o1. The van der Waals surface area contributed by atoms with E-state index in [0.29, 0.717) is 49.0 Å². The number of nitriles is 1. The molecule has 0 spiro atoms. The fourth-order valence-corrected chi connectivity index (χ4v) is 5.44. The van der Waals surface area contributed by atoms with E-state index in [1.807, 2.05) is 56.4 Å². The minimum absolute atomic E-state index is 0.0161. The Hall–Kier alpha value is -4.31. The molecular weight excluding hydrogens is 518 g/mol. The quantitative estimate of drug-likeness (QED) is 0.259. The van der Waals surface area contributed by atoms with Gasteiger partial charge in [0.05, 0.1) is 30.0 Å². The van der Waals surface area contributed by atoms with Crippen molar-refractivity contribution in [3.05, 3.63) is 77.9 Å². The first kappa shape index (κ1) is 26.3. The number of anilines is 1. The van der Waals surface area contributed by atoms with Gasteiger partial charge >= 0.3 is 0 Å². The number of sulfonamides is 1. The van der Waals surface area contributed by atoms with Gasteiger partial charge in [0.15, 0.2) is 0 Å². The Labute approximate surface area is 226 Å². The molecule has 0 atom stereocenters. The molecule has 2 aromatic heterocycles. The molecule has 0 saturated carbocycles. The number of para-hydroxylation sites is 1. The number of rotatable bonds is 8. The van der Waals surface area contributed by atoms with Crippen molar-refractivity contribution >= 4 is 22.1 Å². The Balaban J connectivity index is 1.46. The number of benzene rings is 2. The van der Waals surface area contributed by atoms with Gasteiger partial charge in [-0.2, -0.15) is 19.8 Å². The van der Waals surface area contributed by atoms with E-state index >= 15 is 0 Å². The predicted molar refractivity (Wildman–Crippen MR) is 145 cm³/mol. The Morgan fingerprint density at radius 3 is 2.49 bits per heavy atom. The smallest absolute Gasteiger partial charge is 0.252 e. The summed E-state index contributed by atoms with van der Waals surface area (Å²) in [5, 5.41) is 18.4. The van der Waals surface area contributed by atoms with Crippen molar-refractivity contribution in [2.75, 3.05) is 31.7 Å². The molecule has 0 radical (unpaired) electrons. The zero-order valence-electron chi connectivity index (χ0n) is 21.5. The second-order valence-electron chi connectivity index (χ2n) is 9.12. The minimum atomic E-state index is -3.62. The van der Waals surface area contributed by atoms with Crippen molar-refractivity contribution in [1.82, 2.24) is 19.1 Å². The Morgan fingerprint density at radius 1 is 1.10 bits per heavy atom. The predicted octanol–water partition coefficient (Wildman–Crippen LogP) is 3.99. The highest BCUT2D eigenvalue weighted by Gasteiger charge is 2.26. The van der Waals surface area contributed by atoms with Crippen LogP contribution >= 0.6 is 0 Å². The topological polar surface area (TPSA) is 139 Å². The Kier molecular flexibility index (Phi) is 7.56.